The van der Waals surface area contributed by atoms with Gasteiger partial charge < -0.3 is 20.1 Å². The van der Waals surface area contributed by atoms with Crippen LogP contribution in [0.4, 0.5) is 0 Å². The first-order valence-electron chi connectivity index (χ1n) is 11.2. The average Bonchev–Trinajstić information content (AvgIpc) is 2.82. The summed E-state index contributed by atoms with van der Waals surface area (Å²) in [6.45, 7) is 5.00. The molecule has 2 aromatic rings. The summed E-state index contributed by atoms with van der Waals surface area (Å²) in [5, 5.41) is 6.88. The lowest BCUT2D eigenvalue weighted by atomic mass is 10.0. The van der Waals surface area contributed by atoms with Crippen molar-refractivity contribution in [3.8, 4) is 11.5 Å². The van der Waals surface area contributed by atoms with Gasteiger partial charge in [0.05, 0.1) is 14.2 Å². The molecule has 0 spiro atoms. The van der Waals surface area contributed by atoms with Crippen LogP contribution < -0.4 is 20.1 Å². The quantitative estimate of drug-likeness (QED) is 0.476. The van der Waals surface area contributed by atoms with Crippen LogP contribution in [0.15, 0.2) is 47.5 Å². The molecule has 0 amide bonds. The van der Waals surface area contributed by atoms with Crippen molar-refractivity contribution < 1.29 is 9.47 Å². The summed E-state index contributed by atoms with van der Waals surface area (Å²) in [4.78, 5) is 6.95. The van der Waals surface area contributed by atoms with Gasteiger partial charge in [0.2, 0.25) is 0 Å². The molecule has 2 aromatic carbocycles. The van der Waals surface area contributed by atoms with Crippen LogP contribution in [0.3, 0.4) is 0 Å². The molecule has 2 N–H and O–H groups in total. The van der Waals surface area contributed by atoms with Crippen molar-refractivity contribution in [2.24, 2.45) is 4.99 Å². The molecule has 31 heavy (non-hydrogen) atoms. The Hall–Kier alpha value is -2.73. The highest BCUT2D eigenvalue weighted by molar-refractivity contribution is 5.79. The third-order valence-electron chi connectivity index (χ3n) is 5.78. The average molecular weight is 425 g/mol. The monoisotopic (exact) mass is 424 g/mol. The molecule has 0 bridgehead atoms. The minimum Gasteiger partial charge on any atom is -0.493 e. The molecule has 6 nitrogen and oxygen atoms in total. The van der Waals surface area contributed by atoms with Gasteiger partial charge in [-0.25, -0.2) is 0 Å². The second-order valence-corrected chi connectivity index (χ2v) is 7.90. The van der Waals surface area contributed by atoms with Gasteiger partial charge in [-0.15, -0.1) is 0 Å². The largest absolute Gasteiger partial charge is 0.493 e. The Morgan fingerprint density at radius 2 is 1.68 bits per heavy atom. The molecule has 1 aliphatic heterocycles. The first kappa shape index (κ1) is 22.9. The standard InChI is InChI=1S/C25H36N4O2/c1-26-25(27-14-13-20-11-12-23(30-2)24(17-20)31-3)28-18-21-9-5-6-10-22(21)19-29-15-7-4-8-16-29/h5-6,9-12,17H,4,7-8,13-16,18-19H2,1-3H3,(H2,26,27,28). The summed E-state index contributed by atoms with van der Waals surface area (Å²) in [6, 6.07) is 14.7. The molecule has 0 radical (unpaired) electrons. The lowest BCUT2D eigenvalue weighted by molar-refractivity contribution is 0.220. The van der Waals surface area contributed by atoms with Crippen LogP contribution in [-0.4, -0.2) is 51.8 Å². The fourth-order valence-electron chi connectivity index (χ4n) is 4.00. The van der Waals surface area contributed by atoms with Gasteiger partial charge in [-0.3, -0.25) is 9.89 Å². The predicted octanol–water partition coefficient (Wildman–Crippen LogP) is 3.60. The molecule has 1 saturated heterocycles. The zero-order valence-corrected chi connectivity index (χ0v) is 19.1. The van der Waals surface area contributed by atoms with E-state index in [1.54, 1.807) is 14.2 Å². The lowest BCUT2D eigenvalue weighted by Gasteiger charge is -2.27. The number of nitrogens with one attached hydrogen (secondary N) is 2. The van der Waals surface area contributed by atoms with Crippen molar-refractivity contribution in [3.63, 3.8) is 0 Å². The second-order valence-electron chi connectivity index (χ2n) is 7.90. The Morgan fingerprint density at radius 3 is 2.39 bits per heavy atom. The summed E-state index contributed by atoms with van der Waals surface area (Å²) in [7, 11) is 5.12. The van der Waals surface area contributed by atoms with Crippen LogP contribution in [-0.2, 0) is 19.5 Å². The van der Waals surface area contributed by atoms with Gasteiger partial charge in [-0.05, 0) is 61.2 Å². The maximum absolute atomic E-state index is 5.39. The maximum atomic E-state index is 5.39. The van der Waals surface area contributed by atoms with E-state index in [1.807, 2.05) is 19.2 Å². The predicted molar refractivity (Wildman–Crippen MR) is 127 cm³/mol. The van der Waals surface area contributed by atoms with Gasteiger partial charge in [0, 0.05) is 26.7 Å². The molecule has 0 saturated carbocycles. The fraction of sp³-hybridized carbons (Fsp3) is 0.480. The summed E-state index contributed by atoms with van der Waals surface area (Å²) in [5.41, 5.74) is 3.92. The molecule has 3 rings (SSSR count). The first-order chi connectivity index (χ1) is 15.2. The SMILES string of the molecule is CN=C(NCCc1ccc(OC)c(OC)c1)NCc1ccccc1CN1CCCCC1. The highest BCUT2D eigenvalue weighted by atomic mass is 16.5. The van der Waals surface area contributed by atoms with E-state index in [2.05, 4.69) is 50.9 Å². The number of rotatable bonds is 9. The number of hydrogen-bond donors (Lipinski definition) is 2. The van der Waals surface area contributed by atoms with Crippen LogP contribution in [0.5, 0.6) is 11.5 Å². The van der Waals surface area contributed by atoms with Crippen molar-refractivity contribution in [2.45, 2.75) is 38.8 Å². The highest BCUT2D eigenvalue weighted by Gasteiger charge is 2.12. The molecule has 1 fully saturated rings. The number of likely N-dealkylation sites (tertiary alicyclic amines) is 1. The van der Waals surface area contributed by atoms with Crippen LogP contribution in [0.2, 0.25) is 0 Å². The number of piperidine rings is 1. The Kier molecular flexibility index (Phi) is 9.03. The molecule has 168 valence electrons. The second kappa shape index (κ2) is 12.2. The molecule has 1 heterocycles. The Bertz CT molecular complexity index is 847. The Labute approximate surface area is 186 Å². The van der Waals surface area contributed by atoms with Gasteiger partial charge >= 0.3 is 0 Å². The van der Waals surface area contributed by atoms with Gasteiger partial charge in [-0.2, -0.15) is 0 Å². The number of nitrogens with zero attached hydrogens (tertiary/aromatic N) is 2. The highest BCUT2D eigenvalue weighted by Crippen LogP contribution is 2.27. The molecular weight excluding hydrogens is 388 g/mol. The van der Waals surface area contributed by atoms with E-state index in [4.69, 9.17) is 9.47 Å². The van der Waals surface area contributed by atoms with Gasteiger partial charge in [0.1, 0.15) is 0 Å². The summed E-state index contributed by atoms with van der Waals surface area (Å²) in [6.07, 6.45) is 4.87. The molecule has 0 aliphatic carbocycles. The zero-order valence-electron chi connectivity index (χ0n) is 19.1. The minimum absolute atomic E-state index is 0.750. The molecule has 1 aliphatic rings. The van der Waals surface area contributed by atoms with Gasteiger partial charge in [-0.1, -0.05) is 36.8 Å². The summed E-state index contributed by atoms with van der Waals surface area (Å²) < 4.78 is 10.7. The molecule has 6 heteroatoms. The fourth-order valence-corrected chi connectivity index (χ4v) is 4.00. The summed E-state index contributed by atoms with van der Waals surface area (Å²) >= 11 is 0. The zero-order chi connectivity index (χ0) is 21.9. The van der Waals surface area contributed by atoms with Crippen LogP contribution in [0, 0.1) is 0 Å². The number of hydrogen-bond acceptors (Lipinski definition) is 4. The summed E-state index contributed by atoms with van der Waals surface area (Å²) in [5.74, 6) is 2.32. The van der Waals surface area contributed by atoms with E-state index in [0.29, 0.717) is 0 Å². The smallest absolute Gasteiger partial charge is 0.191 e. The van der Waals surface area contributed by atoms with E-state index in [-0.39, 0.29) is 0 Å². The Morgan fingerprint density at radius 1 is 0.935 bits per heavy atom. The molecule has 0 atom stereocenters. The van der Waals surface area contributed by atoms with Crippen molar-refractivity contribution >= 4 is 5.96 Å². The molecule has 0 aromatic heterocycles. The third kappa shape index (κ3) is 6.89. The Balaban J connectivity index is 1.50. The van der Waals surface area contributed by atoms with E-state index >= 15 is 0 Å². The topological polar surface area (TPSA) is 58.1 Å². The van der Waals surface area contributed by atoms with Crippen LogP contribution >= 0.6 is 0 Å². The van der Waals surface area contributed by atoms with Crippen LogP contribution in [0.25, 0.3) is 0 Å². The van der Waals surface area contributed by atoms with E-state index in [1.165, 1.54) is 49.0 Å². The van der Waals surface area contributed by atoms with Crippen molar-refractivity contribution in [3.05, 3.63) is 59.2 Å². The van der Waals surface area contributed by atoms with Gasteiger partial charge in [0.25, 0.3) is 0 Å². The van der Waals surface area contributed by atoms with E-state index in [0.717, 1.165) is 43.5 Å². The molecule has 0 unspecified atom stereocenters. The lowest BCUT2D eigenvalue weighted by Crippen LogP contribution is -2.38. The van der Waals surface area contributed by atoms with Crippen molar-refractivity contribution in [1.82, 2.24) is 15.5 Å². The number of methoxy groups -OCH3 is 2. The van der Waals surface area contributed by atoms with Crippen molar-refractivity contribution in [2.75, 3.05) is 40.9 Å². The minimum atomic E-state index is 0.750. The normalized spacial score (nSPS) is 14.9. The maximum Gasteiger partial charge on any atom is 0.191 e. The number of guanidine groups is 1. The first-order valence-corrected chi connectivity index (χ1v) is 11.2. The number of benzene rings is 2. The van der Waals surface area contributed by atoms with Gasteiger partial charge in [0.15, 0.2) is 17.5 Å². The van der Waals surface area contributed by atoms with Crippen LogP contribution in [0.1, 0.15) is 36.0 Å². The number of ether oxygens (including phenoxy) is 2. The molecular formula is C25H36N4O2. The van der Waals surface area contributed by atoms with E-state index < -0.39 is 0 Å². The number of aliphatic imine (C=N–C) groups is 1. The van der Waals surface area contributed by atoms with Crippen molar-refractivity contribution in [1.29, 1.82) is 0 Å². The van der Waals surface area contributed by atoms with E-state index in [9.17, 15) is 0 Å². The third-order valence-corrected chi connectivity index (χ3v) is 5.78.